The molecular weight excluding hydrogens is 200 g/mol. The van der Waals surface area contributed by atoms with Gasteiger partial charge in [0.05, 0.1) is 5.41 Å². The number of aryl methyl sites for hydroxylation is 1. The van der Waals surface area contributed by atoms with Crippen LogP contribution in [0.25, 0.3) is 6.08 Å². The summed E-state index contributed by atoms with van der Waals surface area (Å²) < 4.78 is 0. The van der Waals surface area contributed by atoms with E-state index in [1.807, 2.05) is 6.08 Å². The molecular formula is C14H16O2. The van der Waals surface area contributed by atoms with Crippen LogP contribution in [0.1, 0.15) is 30.5 Å². The lowest BCUT2D eigenvalue weighted by atomic mass is 9.83. The van der Waals surface area contributed by atoms with Crippen molar-refractivity contribution in [2.24, 2.45) is 5.41 Å². The van der Waals surface area contributed by atoms with Crippen LogP contribution in [0.5, 0.6) is 0 Å². The first-order valence-corrected chi connectivity index (χ1v) is 5.45. The second-order valence-corrected chi connectivity index (χ2v) is 4.98. The van der Waals surface area contributed by atoms with E-state index in [2.05, 4.69) is 25.1 Å². The number of carboxylic acid groups (broad SMARTS) is 1. The summed E-state index contributed by atoms with van der Waals surface area (Å²) in [6.45, 7) is 5.58. The van der Waals surface area contributed by atoms with Crippen molar-refractivity contribution in [2.45, 2.75) is 27.2 Å². The van der Waals surface area contributed by atoms with E-state index >= 15 is 0 Å². The van der Waals surface area contributed by atoms with E-state index in [-0.39, 0.29) is 0 Å². The monoisotopic (exact) mass is 216 g/mol. The van der Waals surface area contributed by atoms with Gasteiger partial charge in [-0.2, -0.15) is 0 Å². The molecule has 2 heteroatoms. The summed E-state index contributed by atoms with van der Waals surface area (Å²) in [5, 5.41) is 9.19. The number of carboxylic acids is 1. The average Bonchev–Trinajstić information content (AvgIpc) is 2.60. The van der Waals surface area contributed by atoms with Crippen molar-refractivity contribution in [2.75, 3.05) is 0 Å². The molecule has 0 unspecified atom stereocenters. The van der Waals surface area contributed by atoms with Crippen molar-refractivity contribution in [3.63, 3.8) is 0 Å². The maximum atomic E-state index is 11.2. The molecule has 1 aromatic rings. The Morgan fingerprint density at radius 1 is 1.38 bits per heavy atom. The molecule has 0 spiro atoms. The maximum Gasteiger partial charge on any atom is 0.313 e. The number of fused-ring (bicyclic) bond motifs is 1. The predicted molar refractivity (Wildman–Crippen MR) is 64.3 cm³/mol. The molecule has 2 nitrogen and oxygen atoms in total. The fourth-order valence-corrected chi connectivity index (χ4v) is 2.01. The maximum absolute atomic E-state index is 11.2. The minimum absolute atomic E-state index is 0.760. The molecule has 84 valence electrons. The number of benzene rings is 1. The minimum atomic E-state index is -0.771. The van der Waals surface area contributed by atoms with E-state index in [0.29, 0.717) is 0 Å². The number of aliphatic carboxylic acids is 1. The van der Waals surface area contributed by atoms with Gasteiger partial charge in [-0.3, -0.25) is 4.79 Å². The number of rotatable bonds is 2. The smallest absolute Gasteiger partial charge is 0.313 e. The summed E-state index contributed by atoms with van der Waals surface area (Å²) in [5.41, 5.74) is 3.84. The van der Waals surface area contributed by atoms with E-state index in [9.17, 15) is 9.90 Å². The van der Waals surface area contributed by atoms with Crippen LogP contribution < -0.4 is 0 Å². The third kappa shape index (κ3) is 1.64. The molecule has 0 saturated carbocycles. The molecule has 0 heterocycles. The van der Waals surface area contributed by atoms with E-state index in [4.69, 9.17) is 0 Å². The topological polar surface area (TPSA) is 37.3 Å². The van der Waals surface area contributed by atoms with Gasteiger partial charge in [-0.1, -0.05) is 29.8 Å². The summed E-state index contributed by atoms with van der Waals surface area (Å²) in [4.78, 5) is 11.2. The Balaban J connectivity index is 2.37. The van der Waals surface area contributed by atoms with Crippen LogP contribution in [0.2, 0.25) is 0 Å². The van der Waals surface area contributed by atoms with Crippen molar-refractivity contribution in [3.05, 3.63) is 40.5 Å². The molecule has 2 rings (SSSR count). The quantitative estimate of drug-likeness (QED) is 0.825. The Kier molecular flexibility index (Phi) is 2.38. The van der Waals surface area contributed by atoms with Crippen molar-refractivity contribution in [3.8, 4) is 0 Å². The molecule has 16 heavy (non-hydrogen) atoms. The van der Waals surface area contributed by atoms with Crippen LogP contribution in [0, 0.1) is 12.3 Å². The third-order valence-electron chi connectivity index (χ3n) is 3.35. The van der Waals surface area contributed by atoms with Gasteiger partial charge in [0.2, 0.25) is 0 Å². The zero-order valence-corrected chi connectivity index (χ0v) is 9.87. The second-order valence-electron chi connectivity index (χ2n) is 4.98. The van der Waals surface area contributed by atoms with Crippen LogP contribution in [0.4, 0.5) is 0 Å². The highest BCUT2D eigenvalue weighted by Gasteiger charge is 2.34. The highest BCUT2D eigenvalue weighted by atomic mass is 16.4. The SMILES string of the molecule is Cc1ccc2c(c1)CC(C(C)(C)C(=O)O)=C2. The standard InChI is InChI=1S/C14H16O2/c1-9-4-5-10-7-12(8-11(10)6-9)14(2,3)13(15)16/h4-7H,8H2,1-3H3,(H,15,16). The minimum Gasteiger partial charge on any atom is -0.481 e. The van der Waals surface area contributed by atoms with Gasteiger partial charge in [0.15, 0.2) is 0 Å². The molecule has 1 aromatic carbocycles. The molecule has 0 radical (unpaired) electrons. The normalized spacial score (nSPS) is 14.6. The number of hydrogen-bond donors (Lipinski definition) is 1. The number of hydrogen-bond acceptors (Lipinski definition) is 1. The Morgan fingerprint density at radius 3 is 2.69 bits per heavy atom. The lowest BCUT2D eigenvalue weighted by molar-refractivity contribution is -0.144. The van der Waals surface area contributed by atoms with Gasteiger partial charge in [0.25, 0.3) is 0 Å². The largest absolute Gasteiger partial charge is 0.481 e. The molecule has 0 atom stereocenters. The van der Waals surface area contributed by atoms with Crippen LogP contribution >= 0.6 is 0 Å². The molecule has 0 aromatic heterocycles. The summed E-state index contributed by atoms with van der Waals surface area (Å²) in [5.74, 6) is -0.761. The summed E-state index contributed by atoms with van der Waals surface area (Å²) in [7, 11) is 0. The fraction of sp³-hybridized carbons (Fsp3) is 0.357. The van der Waals surface area contributed by atoms with Crippen LogP contribution in [0.3, 0.4) is 0 Å². The van der Waals surface area contributed by atoms with E-state index in [1.54, 1.807) is 13.8 Å². The first-order valence-electron chi connectivity index (χ1n) is 5.45. The van der Waals surface area contributed by atoms with E-state index in [1.165, 1.54) is 11.1 Å². The van der Waals surface area contributed by atoms with Gasteiger partial charge in [-0.25, -0.2) is 0 Å². The predicted octanol–water partition coefficient (Wildman–Crippen LogP) is 3.05. The van der Waals surface area contributed by atoms with Gasteiger partial charge >= 0.3 is 5.97 Å². The van der Waals surface area contributed by atoms with Gasteiger partial charge in [-0.15, -0.1) is 0 Å². The molecule has 0 saturated heterocycles. The zero-order chi connectivity index (χ0) is 11.9. The Bertz CT molecular complexity index is 482. The highest BCUT2D eigenvalue weighted by Crippen LogP contribution is 2.37. The lowest BCUT2D eigenvalue weighted by Crippen LogP contribution is -2.26. The lowest BCUT2D eigenvalue weighted by Gasteiger charge is -2.20. The van der Waals surface area contributed by atoms with Crippen LogP contribution in [-0.2, 0) is 11.2 Å². The molecule has 0 fully saturated rings. The molecule has 1 aliphatic rings. The second kappa shape index (κ2) is 3.48. The van der Waals surface area contributed by atoms with E-state index in [0.717, 1.165) is 17.6 Å². The zero-order valence-electron chi connectivity index (χ0n) is 9.87. The molecule has 0 bridgehead atoms. The van der Waals surface area contributed by atoms with Crippen molar-refractivity contribution >= 4 is 12.0 Å². The number of carbonyl (C=O) groups is 1. The Hall–Kier alpha value is -1.57. The van der Waals surface area contributed by atoms with E-state index < -0.39 is 11.4 Å². The summed E-state index contributed by atoms with van der Waals surface area (Å²) in [6, 6.07) is 6.26. The molecule has 0 amide bonds. The van der Waals surface area contributed by atoms with Gasteiger partial charge < -0.3 is 5.11 Å². The molecule has 1 N–H and O–H groups in total. The van der Waals surface area contributed by atoms with Gasteiger partial charge in [-0.05, 0) is 43.9 Å². The van der Waals surface area contributed by atoms with Crippen molar-refractivity contribution in [1.82, 2.24) is 0 Å². The van der Waals surface area contributed by atoms with Gasteiger partial charge in [0.1, 0.15) is 0 Å². The Labute approximate surface area is 95.6 Å². The van der Waals surface area contributed by atoms with Gasteiger partial charge in [0, 0.05) is 0 Å². The first kappa shape index (κ1) is 10.9. The van der Waals surface area contributed by atoms with Crippen molar-refractivity contribution < 1.29 is 9.90 Å². The fourth-order valence-electron chi connectivity index (χ4n) is 2.01. The molecule has 0 aliphatic heterocycles. The summed E-state index contributed by atoms with van der Waals surface area (Å²) >= 11 is 0. The third-order valence-corrected chi connectivity index (χ3v) is 3.35. The highest BCUT2D eigenvalue weighted by molar-refractivity contribution is 5.82. The van der Waals surface area contributed by atoms with Crippen LogP contribution in [-0.4, -0.2) is 11.1 Å². The average molecular weight is 216 g/mol. The summed E-state index contributed by atoms with van der Waals surface area (Å²) in [6.07, 6.45) is 2.78. The first-order chi connectivity index (χ1) is 7.41. The molecule has 1 aliphatic carbocycles. The Morgan fingerprint density at radius 2 is 2.06 bits per heavy atom. The van der Waals surface area contributed by atoms with Crippen molar-refractivity contribution in [1.29, 1.82) is 0 Å². The van der Waals surface area contributed by atoms with Crippen LogP contribution in [0.15, 0.2) is 23.8 Å².